The van der Waals surface area contributed by atoms with Gasteiger partial charge in [0.25, 0.3) is 5.09 Å². The van der Waals surface area contributed by atoms with Crippen LogP contribution < -0.4 is 0 Å². The van der Waals surface area contributed by atoms with Crippen molar-refractivity contribution in [1.29, 1.82) is 0 Å². The second-order valence-electron chi connectivity index (χ2n) is 7.25. The highest BCUT2D eigenvalue weighted by molar-refractivity contribution is 6.27. The summed E-state index contributed by atoms with van der Waals surface area (Å²) in [6.45, 7) is 5.12. The number of ketones is 2. The van der Waals surface area contributed by atoms with Gasteiger partial charge in [0, 0.05) is 27.7 Å². The summed E-state index contributed by atoms with van der Waals surface area (Å²) < 4.78 is 5.16. The van der Waals surface area contributed by atoms with Gasteiger partial charge >= 0.3 is 5.97 Å². The zero-order chi connectivity index (χ0) is 20.9. The first-order valence-corrected chi connectivity index (χ1v) is 8.98. The number of carbonyl (C=O) groups excluding carboxylic acids is 3. The lowest BCUT2D eigenvalue weighted by Crippen LogP contribution is -2.32. The highest BCUT2D eigenvalue weighted by Gasteiger charge is 2.39. The zero-order valence-corrected chi connectivity index (χ0v) is 16.1. The van der Waals surface area contributed by atoms with Gasteiger partial charge in [-0.3, -0.25) is 14.4 Å². The van der Waals surface area contributed by atoms with Gasteiger partial charge in [0.15, 0.2) is 11.6 Å². The summed E-state index contributed by atoms with van der Waals surface area (Å²) >= 11 is 0. The van der Waals surface area contributed by atoms with Crippen molar-refractivity contribution in [2.75, 3.05) is 13.2 Å². The van der Waals surface area contributed by atoms with Crippen molar-refractivity contribution in [1.82, 2.24) is 0 Å². The first-order valence-electron chi connectivity index (χ1n) is 8.98. The van der Waals surface area contributed by atoms with E-state index in [9.17, 15) is 24.5 Å². The molecule has 2 rings (SSSR count). The Bertz CT molecular complexity index is 839. The van der Waals surface area contributed by atoms with Crippen LogP contribution in [0.2, 0.25) is 0 Å². The van der Waals surface area contributed by atoms with Gasteiger partial charge in [-0.05, 0) is 19.8 Å². The van der Waals surface area contributed by atoms with Crippen LogP contribution in [0.1, 0.15) is 60.7 Å². The van der Waals surface area contributed by atoms with Crippen LogP contribution in [0.15, 0.2) is 35.4 Å². The molecule has 0 heterocycles. The number of allylic oxidation sites excluding steroid dienone is 2. The van der Waals surface area contributed by atoms with Gasteiger partial charge < -0.3 is 9.57 Å². The molecule has 0 aliphatic heterocycles. The Kier molecular flexibility index (Phi) is 6.66. The molecule has 0 N–H and O–H groups in total. The maximum Gasteiger partial charge on any atom is 0.306 e. The van der Waals surface area contributed by atoms with E-state index in [1.54, 1.807) is 45.0 Å². The van der Waals surface area contributed by atoms with Gasteiger partial charge in [-0.1, -0.05) is 38.1 Å². The summed E-state index contributed by atoms with van der Waals surface area (Å²) in [5.74, 6) is -0.959. The Balaban J connectivity index is 2.01. The van der Waals surface area contributed by atoms with E-state index in [0.29, 0.717) is 35.1 Å². The topological polar surface area (TPSA) is 113 Å². The number of Topliss-reactive ketones (excluding diaryl/α,β-unsaturated/α-hetero) is 2. The summed E-state index contributed by atoms with van der Waals surface area (Å²) in [6.07, 6.45) is 0.741. The van der Waals surface area contributed by atoms with Crippen molar-refractivity contribution < 1.29 is 29.0 Å². The third-order valence-corrected chi connectivity index (χ3v) is 4.62. The summed E-state index contributed by atoms with van der Waals surface area (Å²) in [6, 6.07) is 6.65. The second kappa shape index (κ2) is 8.77. The van der Waals surface area contributed by atoms with Crippen LogP contribution in [0.25, 0.3) is 0 Å². The van der Waals surface area contributed by atoms with E-state index in [0.717, 1.165) is 0 Å². The average molecular weight is 389 g/mol. The number of fused-ring (bicyclic) bond motifs is 1. The molecule has 0 unspecified atom stereocenters. The number of benzene rings is 1. The molecule has 1 aromatic carbocycles. The molecule has 8 heteroatoms. The van der Waals surface area contributed by atoms with Crippen molar-refractivity contribution in [2.45, 2.75) is 40.0 Å². The van der Waals surface area contributed by atoms with Crippen molar-refractivity contribution >= 4 is 17.5 Å². The molecular weight excluding hydrogens is 366 g/mol. The molecule has 0 atom stereocenters. The molecule has 1 aliphatic carbocycles. The number of rotatable bonds is 9. The van der Waals surface area contributed by atoms with Gasteiger partial charge in [-0.25, -0.2) is 0 Å². The Labute approximate surface area is 162 Å². The lowest BCUT2D eigenvalue weighted by Gasteiger charge is -2.31. The minimum atomic E-state index is -0.879. The molecule has 1 aliphatic rings. The van der Waals surface area contributed by atoms with E-state index >= 15 is 0 Å². The Hall–Kier alpha value is -3.03. The normalized spacial score (nSPS) is 14.0. The highest BCUT2D eigenvalue weighted by Crippen LogP contribution is 2.39. The number of unbranched alkanes of at least 4 members (excludes halogenated alkanes) is 1. The van der Waals surface area contributed by atoms with Crippen LogP contribution in [0, 0.1) is 15.5 Å². The number of carbonyl (C=O) groups is 3. The second-order valence-corrected chi connectivity index (χ2v) is 7.25. The number of ether oxygens (including phenoxy) is 1. The van der Waals surface area contributed by atoms with Crippen LogP contribution >= 0.6 is 0 Å². The molecule has 0 radical (unpaired) electrons. The molecule has 0 aromatic heterocycles. The lowest BCUT2D eigenvalue weighted by molar-refractivity contribution is -0.757. The lowest BCUT2D eigenvalue weighted by atomic mass is 9.71. The molecule has 0 amide bonds. The predicted molar refractivity (Wildman–Crippen MR) is 99.3 cm³/mol. The first-order chi connectivity index (χ1) is 13.1. The van der Waals surface area contributed by atoms with Crippen molar-refractivity contribution in [3.05, 3.63) is 56.7 Å². The maximum absolute atomic E-state index is 13.0. The van der Waals surface area contributed by atoms with Gasteiger partial charge in [-0.15, -0.1) is 10.1 Å². The van der Waals surface area contributed by atoms with Gasteiger partial charge in [-0.2, -0.15) is 0 Å². The third-order valence-electron chi connectivity index (χ3n) is 4.62. The SMILES string of the molecule is CC1=C(C(C)(C)CC(=O)OCCCCO[N+](=O)[O-])C(=O)c2ccccc2C1=O. The molecule has 0 fully saturated rings. The smallest absolute Gasteiger partial charge is 0.306 e. The Morgan fingerprint density at radius 2 is 1.64 bits per heavy atom. The summed E-state index contributed by atoms with van der Waals surface area (Å²) in [5.41, 5.74) is 0.520. The Morgan fingerprint density at radius 1 is 1.07 bits per heavy atom. The summed E-state index contributed by atoms with van der Waals surface area (Å²) in [5, 5.41) is 9.17. The fraction of sp³-hybridized carbons (Fsp3) is 0.450. The van der Waals surface area contributed by atoms with Gasteiger partial charge in [0.1, 0.15) is 0 Å². The van der Waals surface area contributed by atoms with Crippen molar-refractivity contribution in [3.8, 4) is 0 Å². The summed E-state index contributed by atoms with van der Waals surface area (Å²) in [7, 11) is 0. The third kappa shape index (κ3) is 4.82. The molecule has 0 saturated heterocycles. The fourth-order valence-corrected chi connectivity index (χ4v) is 3.34. The van der Waals surface area contributed by atoms with E-state index in [4.69, 9.17) is 4.74 Å². The van der Waals surface area contributed by atoms with Crippen LogP contribution in [0.5, 0.6) is 0 Å². The predicted octanol–water partition coefficient (Wildman–Crippen LogP) is 3.33. The van der Waals surface area contributed by atoms with Gasteiger partial charge in [0.2, 0.25) is 0 Å². The fourth-order valence-electron chi connectivity index (χ4n) is 3.34. The van der Waals surface area contributed by atoms with E-state index in [2.05, 4.69) is 4.84 Å². The molecule has 150 valence electrons. The number of nitrogens with zero attached hydrogens (tertiary/aromatic N) is 1. The number of hydrogen-bond donors (Lipinski definition) is 0. The molecule has 28 heavy (non-hydrogen) atoms. The van der Waals surface area contributed by atoms with Crippen LogP contribution in [-0.4, -0.2) is 35.8 Å². The van der Waals surface area contributed by atoms with E-state index in [1.807, 2.05) is 0 Å². The van der Waals surface area contributed by atoms with Gasteiger partial charge in [0.05, 0.1) is 19.6 Å². The largest absolute Gasteiger partial charge is 0.466 e. The average Bonchev–Trinajstić information content (AvgIpc) is 2.62. The molecule has 0 bridgehead atoms. The first kappa shape index (κ1) is 21.3. The van der Waals surface area contributed by atoms with E-state index < -0.39 is 16.5 Å². The van der Waals surface area contributed by atoms with Crippen molar-refractivity contribution in [2.24, 2.45) is 5.41 Å². The maximum atomic E-state index is 13.0. The standard InChI is InChI=1S/C20H23NO7/c1-13-17(19(24)15-9-5-4-8-14(15)18(13)23)20(2,3)12-16(22)27-10-6-7-11-28-21(25)26/h4-5,8-9H,6-7,10-12H2,1-3H3. The van der Waals surface area contributed by atoms with E-state index in [1.165, 1.54) is 0 Å². The van der Waals surface area contributed by atoms with Crippen LogP contribution in [0.3, 0.4) is 0 Å². The minimum Gasteiger partial charge on any atom is -0.466 e. The van der Waals surface area contributed by atoms with Crippen LogP contribution in [-0.2, 0) is 14.4 Å². The minimum absolute atomic E-state index is 0.0574. The molecule has 0 saturated carbocycles. The molecule has 0 spiro atoms. The Morgan fingerprint density at radius 3 is 2.25 bits per heavy atom. The number of hydrogen-bond acceptors (Lipinski definition) is 7. The quantitative estimate of drug-likeness (QED) is 0.275. The molecule has 1 aromatic rings. The summed E-state index contributed by atoms with van der Waals surface area (Å²) in [4.78, 5) is 52.0. The monoisotopic (exact) mass is 389 g/mol. The number of esters is 1. The zero-order valence-electron chi connectivity index (χ0n) is 16.1. The molecular formula is C20H23NO7. The molecule has 8 nitrogen and oxygen atoms in total. The van der Waals surface area contributed by atoms with Crippen molar-refractivity contribution in [3.63, 3.8) is 0 Å². The van der Waals surface area contributed by atoms with Crippen LogP contribution in [0.4, 0.5) is 0 Å². The highest BCUT2D eigenvalue weighted by atomic mass is 16.9. The van der Waals surface area contributed by atoms with E-state index in [-0.39, 0.29) is 31.2 Å².